The minimum absolute atomic E-state index is 0.107. The van der Waals surface area contributed by atoms with E-state index in [2.05, 4.69) is 10.3 Å². The van der Waals surface area contributed by atoms with Crippen LogP contribution < -0.4 is 5.32 Å². The Kier molecular flexibility index (Phi) is 3.87. The van der Waals surface area contributed by atoms with E-state index in [0.717, 1.165) is 5.56 Å². The smallest absolute Gasteiger partial charge is 0.226 e. The maximum atomic E-state index is 13.1. The van der Waals surface area contributed by atoms with E-state index in [-0.39, 0.29) is 18.1 Å². The highest BCUT2D eigenvalue weighted by Crippen LogP contribution is 2.08. The largest absolute Gasteiger partial charge is 0.352 e. The molecule has 2 aromatic heterocycles. The van der Waals surface area contributed by atoms with E-state index >= 15 is 0 Å². The van der Waals surface area contributed by atoms with Crippen LogP contribution in [0.4, 0.5) is 4.39 Å². The Hall–Kier alpha value is -2.69. The van der Waals surface area contributed by atoms with Gasteiger partial charge in [0.05, 0.1) is 12.1 Å². The minimum atomic E-state index is -0.333. The molecule has 0 saturated carbocycles. The molecule has 22 heavy (non-hydrogen) atoms. The van der Waals surface area contributed by atoms with Crippen molar-refractivity contribution in [2.24, 2.45) is 0 Å². The number of benzene rings is 1. The van der Waals surface area contributed by atoms with Crippen molar-refractivity contribution in [2.45, 2.75) is 19.9 Å². The summed E-state index contributed by atoms with van der Waals surface area (Å²) in [5.74, 6) is -0.440. The van der Waals surface area contributed by atoms with Gasteiger partial charge in [-0.1, -0.05) is 29.8 Å². The Bertz CT molecular complexity index is 808. The summed E-state index contributed by atoms with van der Waals surface area (Å²) in [6.07, 6.45) is 3.19. The fourth-order valence-corrected chi connectivity index (χ4v) is 2.24. The van der Waals surface area contributed by atoms with Gasteiger partial charge < -0.3 is 9.72 Å². The molecule has 0 spiro atoms. The Morgan fingerprint density at radius 3 is 2.73 bits per heavy atom. The summed E-state index contributed by atoms with van der Waals surface area (Å²) >= 11 is 0. The van der Waals surface area contributed by atoms with Crippen LogP contribution in [0.25, 0.3) is 5.65 Å². The van der Waals surface area contributed by atoms with E-state index in [1.54, 1.807) is 16.7 Å². The molecule has 3 aromatic rings. The van der Waals surface area contributed by atoms with Gasteiger partial charge in [-0.05, 0) is 24.6 Å². The van der Waals surface area contributed by atoms with Gasteiger partial charge in [-0.25, -0.2) is 9.37 Å². The fourth-order valence-electron chi connectivity index (χ4n) is 2.24. The van der Waals surface area contributed by atoms with E-state index in [0.29, 0.717) is 17.9 Å². The maximum absolute atomic E-state index is 13.1. The first kappa shape index (κ1) is 14.3. The summed E-state index contributed by atoms with van der Waals surface area (Å²) in [5.41, 5.74) is 3.48. The zero-order chi connectivity index (χ0) is 15.5. The second kappa shape index (κ2) is 5.97. The van der Waals surface area contributed by atoms with Gasteiger partial charge in [0.1, 0.15) is 11.5 Å². The van der Waals surface area contributed by atoms with Crippen molar-refractivity contribution < 1.29 is 9.18 Å². The second-order valence-corrected chi connectivity index (χ2v) is 5.28. The number of nitrogens with one attached hydrogen (secondary N) is 1. The van der Waals surface area contributed by atoms with E-state index < -0.39 is 0 Å². The quantitative estimate of drug-likeness (QED) is 0.804. The number of nitrogens with zero attached hydrogens (tertiary/aromatic N) is 2. The molecule has 1 aromatic carbocycles. The molecule has 1 amide bonds. The third-order valence-electron chi connectivity index (χ3n) is 3.42. The highest BCUT2D eigenvalue weighted by atomic mass is 19.1. The van der Waals surface area contributed by atoms with Crippen molar-refractivity contribution in [3.63, 3.8) is 0 Å². The molecule has 3 rings (SSSR count). The lowest BCUT2D eigenvalue weighted by Gasteiger charge is -2.04. The molecule has 0 atom stereocenters. The Balaban J connectivity index is 1.61. The zero-order valence-corrected chi connectivity index (χ0v) is 12.2. The summed E-state index contributed by atoms with van der Waals surface area (Å²) in [6, 6.07) is 10.9. The number of rotatable bonds is 4. The Labute approximate surface area is 127 Å². The Morgan fingerprint density at radius 1 is 1.18 bits per heavy atom. The average Bonchev–Trinajstić information content (AvgIpc) is 2.88. The molecule has 0 aliphatic rings. The number of fused-ring (bicyclic) bond motifs is 1. The van der Waals surface area contributed by atoms with Crippen molar-refractivity contribution in [1.29, 1.82) is 0 Å². The molecule has 0 aliphatic carbocycles. The number of carbonyl (C=O) groups excluding carboxylic acids is 1. The fraction of sp³-hybridized carbons (Fsp3) is 0.176. The van der Waals surface area contributed by atoms with Crippen molar-refractivity contribution in [3.05, 3.63) is 71.4 Å². The summed E-state index contributed by atoms with van der Waals surface area (Å²) in [5, 5.41) is 2.86. The normalized spacial score (nSPS) is 10.8. The lowest BCUT2D eigenvalue weighted by molar-refractivity contribution is -0.120. The molecule has 0 fully saturated rings. The maximum Gasteiger partial charge on any atom is 0.226 e. The molecular formula is C17H16FN3O. The SMILES string of the molecule is Cc1ccc(CNC(=O)Cc2cn3cc(F)ccc3n2)cc1. The van der Waals surface area contributed by atoms with Crippen molar-refractivity contribution in [1.82, 2.24) is 14.7 Å². The van der Waals surface area contributed by atoms with E-state index in [4.69, 9.17) is 0 Å². The monoisotopic (exact) mass is 297 g/mol. The van der Waals surface area contributed by atoms with Crippen molar-refractivity contribution in [3.8, 4) is 0 Å². The summed E-state index contributed by atoms with van der Waals surface area (Å²) in [7, 11) is 0. The third kappa shape index (κ3) is 3.31. The molecular weight excluding hydrogens is 281 g/mol. The topological polar surface area (TPSA) is 46.4 Å². The average molecular weight is 297 g/mol. The zero-order valence-electron chi connectivity index (χ0n) is 12.2. The molecule has 112 valence electrons. The van der Waals surface area contributed by atoms with Crippen LogP contribution >= 0.6 is 0 Å². The first-order valence-electron chi connectivity index (χ1n) is 7.05. The number of pyridine rings is 1. The van der Waals surface area contributed by atoms with Crippen LogP contribution in [0.1, 0.15) is 16.8 Å². The molecule has 2 heterocycles. The first-order chi connectivity index (χ1) is 10.6. The van der Waals surface area contributed by atoms with Crippen LogP contribution in [0.2, 0.25) is 0 Å². The lowest BCUT2D eigenvalue weighted by atomic mass is 10.1. The van der Waals surface area contributed by atoms with Gasteiger partial charge in [0.25, 0.3) is 0 Å². The van der Waals surface area contributed by atoms with Crippen molar-refractivity contribution in [2.75, 3.05) is 0 Å². The van der Waals surface area contributed by atoms with Gasteiger partial charge >= 0.3 is 0 Å². The summed E-state index contributed by atoms with van der Waals surface area (Å²) in [4.78, 5) is 16.3. The first-order valence-corrected chi connectivity index (χ1v) is 7.05. The number of imidazole rings is 1. The van der Waals surface area contributed by atoms with E-state index in [9.17, 15) is 9.18 Å². The predicted molar refractivity (Wildman–Crippen MR) is 81.9 cm³/mol. The molecule has 1 N–H and O–H groups in total. The number of carbonyl (C=O) groups is 1. The number of hydrogen-bond acceptors (Lipinski definition) is 2. The van der Waals surface area contributed by atoms with E-state index in [1.807, 2.05) is 31.2 Å². The number of halogens is 1. The second-order valence-electron chi connectivity index (χ2n) is 5.28. The van der Waals surface area contributed by atoms with Crippen molar-refractivity contribution >= 4 is 11.6 Å². The van der Waals surface area contributed by atoms with Gasteiger partial charge in [0.2, 0.25) is 5.91 Å². The molecule has 4 nitrogen and oxygen atoms in total. The molecule has 0 bridgehead atoms. The molecule has 0 aliphatic heterocycles. The molecule has 0 unspecified atom stereocenters. The molecule has 0 radical (unpaired) electrons. The predicted octanol–water partition coefficient (Wildman–Crippen LogP) is 2.64. The number of hydrogen-bond donors (Lipinski definition) is 1. The molecule has 5 heteroatoms. The van der Waals surface area contributed by atoms with Crippen LogP contribution in [0.3, 0.4) is 0 Å². The summed E-state index contributed by atoms with van der Waals surface area (Å²) in [6.45, 7) is 2.51. The highest BCUT2D eigenvalue weighted by molar-refractivity contribution is 5.78. The van der Waals surface area contributed by atoms with Gasteiger partial charge in [-0.15, -0.1) is 0 Å². The van der Waals surface area contributed by atoms with Crippen LogP contribution in [0, 0.1) is 12.7 Å². The third-order valence-corrected chi connectivity index (χ3v) is 3.42. The standard InChI is InChI=1S/C17H16FN3O/c1-12-2-4-13(5-3-12)9-19-17(22)8-15-11-21-10-14(18)6-7-16(21)20-15/h2-7,10-11H,8-9H2,1H3,(H,19,22). The number of aryl methyl sites for hydroxylation is 1. The molecule has 0 saturated heterocycles. The highest BCUT2D eigenvalue weighted by Gasteiger charge is 2.08. The van der Waals surface area contributed by atoms with Gasteiger partial charge in [0.15, 0.2) is 0 Å². The number of aromatic nitrogens is 2. The summed E-state index contributed by atoms with van der Waals surface area (Å²) < 4.78 is 14.7. The van der Waals surface area contributed by atoms with Gasteiger partial charge in [-0.2, -0.15) is 0 Å². The lowest BCUT2D eigenvalue weighted by Crippen LogP contribution is -2.24. The van der Waals surface area contributed by atoms with Crippen LogP contribution in [-0.2, 0) is 17.8 Å². The van der Waals surface area contributed by atoms with Gasteiger partial charge in [0, 0.05) is 18.9 Å². The van der Waals surface area contributed by atoms with Crippen LogP contribution in [0.5, 0.6) is 0 Å². The number of amides is 1. The van der Waals surface area contributed by atoms with Crippen LogP contribution in [-0.4, -0.2) is 15.3 Å². The van der Waals surface area contributed by atoms with E-state index in [1.165, 1.54) is 17.8 Å². The minimum Gasteiger partial charge on any atom is -0.352 e. The van der Waals surface area contributed by atoms with Crippen LogP contribution in [0.15, 0.2) is 48.8 Å². The Morgan fingerprint density at radius 2 is 1.95 bits per heavy atom. The van der Waals surface area contributed by atoms with Gasteiger partial charge in [-0.3, -0.25) is 4.79 Å².